The summed E-state index contributed by atoms with van der Waals surface area (Å²) in [5.74, 6) is 2.64. The van der Waals surface area contributed by atoms with Gasteiger partial charge in [-0.25, -0.2) is 0 Å². The Hall–Kier alpha value is -1.17. The van der Waals surface area contributed by atoms with Crippen LogP contribution in [-0.2, 0) is 0 Å². The number of rotatable bonds is 6. The SMILES string of the molecule is C#C[C@@H](Sc1ccccc1)[C@H](O)/C=C/CCC. The van der Waals surface area contributed by atoms with Gasteiger partial charge in [0.25, 0.3) is 0 Å². The smallest absolute Gasteiger partial charge is 0.0995 e. The monoisotopic (exact) mass is 246 g/mol. The quantitative estimate of drug-likeness (QED) is 0.471. The molecule has 1 aromatic rings. The second-order valence-electron chi connectivity index (χ2n) is 3.73. The Labute approximate surface area is 108 Å². The second kappa shape index (κ2) is 8.00. The lowest BCUT2D eigenvalue weighted by Gasteiger charge is -2.14. The number of hydrogen-bond acceptors (Lipinski definition) is 2. The minimum absolute atomic E-state index is 0.231. The molecule has 0 unspecified atom stereocenters. The van der Waals surface area contributed by atoms with Crippen molar-refractivity contribution in [2.75, 3.05) is 0 Å². The molecule has 0 fully saturated rings. The summed E-state index contributed by atoms with van der Waals surface area (Å²) in [5, 5.41) is 9.72. The molecule has 0 spiro atoms. The Balaban J connectivity index is 2.57. The standard InChI is InChI=1S/C15H18OS/c1-3-5-7-12-14(16)15(4-2)17-13-10-8-6-9-11-13/h2,6-12,14-16H,3,5H2,1H3/b12-7+/t14-,15-/m1/s1. The number of terminal acetylenes is 1. The minimum atomic E-state index is -0.586. The largest absolute Gasteiger partial charge is 0.387 e. The molecule has 0 radical (unpaired) electrons. The van der Waals surface area contributed by atoms with Crippen LogP contribution in [0, 0.1) is 12.3 Å². The topological polar surface area (TPSA) is 20.2 Å². The first-order valence-electron chi connectivity index (χ1n) is 5.80. The predicted molar refractivity (Wildman–Crippen MR) is 75.0 cm³/mol. The molecule has 90 valence electrons. The third-order valence-electron chi connectivity index (χ3n) is 2.27. The van der Waals surface area contributed by atoms with E-state index in [4.69, 9.17) is 6.42 Å². The maximum Gasteiger partial charge on any atom is 0.0995 e. The van der Waals surface area contributed by atoms with Gasteiger partial charge in [0.05, 0.1) is 11.4 Å². The van der Waals surface area contributed by atoms with Gasteiger partial charge in [-0.15, -0.1) is 18.2 Å². The van der Waals surface area contributed by atoms with Gasteiger partial charge in [0.1, 0.15) is 0 Å². The van der Waals surface area contributed by atoms with Gasteiger partial charge in [-0.3, -0.25) is 0 Å². The molecule has 1 N–H and O–H groups in total. The van der Waals surface area contributed by atoms with Crippen LogP contribution in [0.2, 0.25) is 0 Å². The summed E-state index contributed by atoms with van der Waals surface area (Å²) in [6, 6.07) is 9.89. The average molecular weight is 246 g/mol. The Morgan fingerprint density at radius 2 is 2.12 bits per heavy atom. The molecule has 0 saturated carbocycles. The molecular weight excluding hydrogens is 228 g/mol. The maximum atomic E-state index is 9.95. The molecule has 0 bridgehead atoms. The van der Waals surface area contributed by atoms with Gasteiger partial charge in [-0.05, 0) is 18.6 Å². The molecule has 0 heterocycles. The summed E-state index contributed by atoms with van der Waals surface area (Å²) >= 11 is 1.52. The van der Waals surface area contributed by atoms with Crippen molar-refractivity contribution < 1.29 is 5.11 Å². The van der Waals surface area contributed by atoms with E-state index < -0.39 is 6.10 Å². The van der Waals surface area contributed by atoms with Gasteiger partial charge in [0.15, 0.2) is 0 Å². The van der Waals surface area contributed by atoms with Gasteiger partial charge in [0.2, 0.25) is 0 Å². The van der Waals surface area contributed by atoms with Crippen LogP contribution in [0.25, 0.3) is 0 Å². The average Bonchev–Trinajstić information content (AvgIpc) is 2.37. The van der Waals surface area contributed by atoms with Crippen molar-refractivity contribution in [2.45, 2.75) is 36.0 Å². The summed E-state index contributed by atoms with van der Waals surface area (Å²) in [5.41, 5.74) is 0. The lowest BCUT2D eigenvalue weighted by atomic mass is 10.2. The van der Waals surface area contributed by atoms with E-state index in [9.17, 15) is 5.11 Å². The number of allylic oxidation sites excluding steroid dienone is 1. The van der Waals surface area contributed by atoms with Crippen LogP contribution in [0.4, 0.5) is 0 Å². The third kappa shape index (κ3) is 5.12. The second-order valence-corrected chi connectivity index (χ2v) is 4.94. The zero-order valence-electron chi connectivity index (χ0n) is 10.0. The van der Waals surface area contributed by atoms with Crippen molar-refractivity contribution in [2.24, 2.45) is 0 Å². The summed E-state index contributed by atoms with van der Waals surface area (Å²) < 4.78 is 0. The highest BCUT2D eigenvalue weighted by molar-refractivity contribution is 8.00. The van der Waals surface area contributed by atoms with Crippen LogP contribution in [0.3, 0.4) is 0 Å². The number of thioether (sulfide) groups is 1. The maximum absolute atomic E-state index is 9.95. The lowest BCUT2D eigenvalue weighted by molar-refractivity contribution is 0.234. The van der Waals surface area contributed by atoms with E-state index in [2.05, 4.69) is 12.8 Å². The van der Waals surface area contributed by atoms with E-state index in [1.165, 1.54) is 11.8 Å². The van der Waals surface area contributed by atoms with E-state index in [0.717, 1.165) is 17.7 Å². The molecule has 0 amide bonds. The Morgan fingerprint density at radius 1 is 1.41 bits per heavy atom. The molecule has 0 aliphatic carbocycles. The van der Waals surface area contributed by atoms with Crippen molar-refractivity contribution in [1.29, 1.82) is 0 Å². The number of aliphatic hydroxyl groups excluding tert-OH is 1. The van der Waals surface area contributed by atoms with Crippen LogP contribution < -0.4 is 0 Å². The zero-order chi connectivity index (χ0) is 12.5. The molecular formula is C15H18OS. The van der Waals surface area contributed by atoms with Gasteiger partial charge in [0, 0.05) is 4.90 Å². The molecule has 1 nitrogen and oxygen atoms in total. The molecule has 2 atom stereocenters. The molecule has 1 aromatic carbocycles. The Kier molecular flexibility index (Phi) is 6.54. The fourth-order valence-electron chi connectivity index (χ4n) is 1.35. The van der Waals surface area contributed by atoms with Gasteiger partial charge >= 0.3 is 0 Å². The first-order chi connectivity index (χ1) is 8.27. The Morgan fingerprint density at radius 3 is 2.71 bits per heavy atom. The first-order valence-corrected chi connectivity index (χ1v) is 6.68. The lowest BCUT2D eigenvalue weighted by Crippen LogP contribution is -2.18. The fourth-order valence-corrected chi connectivity index (χ4v) is 2.26. The van der Waals surface area contributed by atoms with Crippen molar-refractivity contribution in [3.05, 3.63) is 42.5 Å². The fraction of sp³-hybridized carbons (Fsp3) is 0.333. The molecule has 0 aliphatic rings. The minimum Gasteiger partial charge on any atom is -0.387 e. The summed E-state index contributed by atoms with van der Waals surface area (Å²) in [4.78, 5) is 1.08. The van der Waals surface area contributed by atoms with E-state index in [1.54, 1.807) is 6.08 Å². The summed E-state index contributed by atoms with van der Waals surface area (Å²) in [6.45, 7) is 2.11. The van der Waals surface area contributed by atoms with Crippen molar-refractivity contribution in [3.8, 4) is 12.3 Å². The van der Waals surface area contributed by atoms with Crippen LogP contribution in [0.15, 0.2) is 47.4 Å². The van der Waals surface area contributed by atoms with Crippen molar-refractivity contribution in [3.63, 3.8) is 0 Å². The predicted octanol–water partition coefficient (Wildman–Crippen LogP) is 3.50. The number of hydrogen-bond donors (Lipinski definition) is 1. The molecule has 1 rings (SSSR count). The first kappa shape index (κ1) is 13.9. The summed E-state index contributed by atoms with van der Waals surface area (Å²) in [6.07, 6.45) is 10.7. The van der Waals surface area contributed by atoms with Gasteiger partial charge < -0.3 is 5.11 Å². The van der Waals surface area contributed by atoms with Crippen molar-refractivity contribution in [1.82, 2.24) is 0 Å². The zero-order valence-corrected chi connectivity index (χ0v) is 10.9. The van der Waals surface area contributed by atoms with Crippen LogP contribution in [0.1, 0.15) is 19.8 Å². The van der Waals surface area contributed by atoms with Gasteiger partial charge in [-0.1, -0.05) is 49.6 Å². The number of aliphatic hydroxyl groups is 1. The number of unbranched alkanes of at least 4 members (excludes halogenated alkanes) is 1. The van der Waals surface area contributed by atoms with Crippen LogP contribution in [0.5, 0.6) is 0 Å². The highest BCUT2D eigenvalue weighted by Crippen LogP contribution is 2.25. The molecule has 17 heavy (non-hydrogen) atoms. The Bertz CT molecular complexity index is 378. The molecule has 0 saturated heterocycles. The highest BCUT2D eigenvalue weighted by atomic mass is 32.2. The third-order valence-corrected chi connectivity index (χ3v) is 3.48. The normalized spacial score (nSPS) is 14.4. The molecule has 0 aliphatic heterocycles. The van der Waals surface area contributed by atoms with Crippen molar-refractivity contribution >= 4 is 11.8 Å². The molecule has 0 aromatic heterocycles. The molecule has 2 heteroatoms. The van der Waals surface area contributed by atoms with Gasteiger partial charge in [-0.2, -0.15) is 0 Å². The van der Waals surface area contributed by atoms with E-state index in [-0.39, 0.29) is 5.25 Å². The van der Waals surface area contributed by atoms with Crippen LogP contribution >= 0.6 is 11.8 Å². The van der Waals surface area contributed by atoms with E-state index in [1.807, 2.05) is 36.4 Å². The van der Waals surface area contributed by atoms with E-state index in [0.29, 0.717) is 0 Å². The van der Waals surface area contributed by atoms with E-state index >= 15 is 0 Å². The van der Waals surface area contributed by atoms with Crippen LogP contribution in [-0.4, -0.2) is 16.5 Å². The summed E-state index contributed by atoms with van der Waals surface area (Å²) in [7, 11) is 0. The number of benzene rings is 1. The highest BCUT2D eigenvalue weighted by Gasteiger charge is 2.14.